The number of nitrogen functional groups attached to an aromatic ring is 1. The van der Waals surface area contributed by atoms with Gasteiger partial charge in [-0.2, -0.15) is 0 Å². The lowest BCUT2D eigenvalue weighted by Crippen LogP contribution is -2.40. The SMILES string of the molecule is CCN(CC(=O)NC(C)C)c1ncc(N)cc1C. The van der Waals surface area contributed by atoms with E-state index < -0.39 is 0 Å². The van der Waals surface area contributed by atoms with Gasteiger partial charge in [0.1, 0.15) is 5.82 Å². The molecule has 0 unspecified atom stereocenters. The molecule has 1 heterocycles. The summed E-state index contributed by atoms with van der Waals surface area (Å²) in [7, 11) is 0. The molecule has 18 heavy (non-hydrogen) atoms. The summed E-state index contributed by atoms with van der Waals surface area (Å²) in [6.07, 6.45) is 1.62. The van der Waals surface area contributed by atoms with Gasteiger partial charge in [-0.15, -0.1) is 0 Å². The highest BCUT2D eigenvalue weighted by atomic mass is 16.2. The Kier molecular flexibility index (Phi) is 4.95. The van der Waals surface area contributed by atoms with E-state index in [0.717, 1.165) is 17.9 Å². The highest BCUT2D eigenvalue weighted by molar-refractivity contribution is 5.81. The van der Waals surface area contributed by atoms with Crippen molar-refractivity contribution in [1.82, 2.24) is 10.3 Å². The number of aromatic nitrogens is 1. The zero-order chi connectivity index (χ0) is 13.7. The average molecular weight is 250 g/mol. The molecule has 0 saturated carbocycles. The van der Waals surface area contributed by atoms with Crippen LogP contribution in [0, 0.1) is 6.92 Å². The second-order valence-corrected chi connectivity index (χ2v) is 4.65. The van der Waals surface area contributed by atoms with E-state index in [2.05, 4.69) is 10.3 Å². The molecule has 0 fully saturated rings. The fourth-order valence-electron chi connectivity index (χ4n) is 1.80. The number of nitrogens with one attached hydrogen (secondary N) is 1. The first-order chi connectivity index (χ1) is 8.43. The van der Waals surface area contributed by atoms with Crippen LogP contribution >= 0.6 is 0 Å². The maximum Gasteiger partial charge on any atom is 0.239 e. The minimum absolute atomic E-state index is 0.00451. The molecule has 1 aromatic rings. The minimum atomic E-state index is 0.00451. The van der Waals surface area contributed by atoms with Gasteiger partial charge in [0.15, 0.2) is 0 Å². The van der Waals surface area contributed by atoms with Gasteiger partial charge in [-0.05, 0) is 39.3 Å². The van der Waals surface area contributed by atoms with E-state index in [-0.39, 0.29) is 11.9 Å². The Morgan fingerprint density at radius 2 is 2.22 bits per heavy atom. The monoisotopic (exact) mass is 250 g/mol. The van der Waals surface area contributed by atoms with E-state index in [4.69, 9.17) is 5.73 Å². The first kappa shape index (κ1) is 14.3. The number of rotatable bonds is 5. The van der Waals surface area contributed by atoms with Crippen LogP contribution in [0.2, 0.25) is 0 Å². The van der Waals surface area contributed by atoms with Crippen molar-refractivity contribution in [2.75, 3.05) is 23.7 Å². The maximum absolute atomic E-state index is 11.8. The van der Waals surface area contributed by atoms with Crippen LogP contribution in [-0.2, 0) is 4.79 Å². The summed E-state index contributed by atoms with van der Waals surface area (Å²) in [4.78, 5) is 18.0. The Hall–Kier alpha value is -1.78. The van der Waals surface area contributed by atoms with Gasteiger partial charge in [0, 0.05) is 12.6 Å². The number of hydrogen-bond acceptors (Lipinski definition) is 4. The van der Waals surface area contributed by atoms with Crippen molar-refractivity contribution in [2.24, 2.45) is 0 Å². The number of amides is 1. The Morgan fingerprint density at radius 3 is 2.72 bits per heavy atom. The molecular formula is C13H22N4O. The molecule has 5 nitrogen and oxygen atoms in total. The average Bonchev–Trinajstić information content (AvgIpc) is 2.25. The van der Waals surface area contributed by atoms with Crippen LogP contribution in [0.1, 0.15) is 26.3 Å². The van der Waals surface area contributed by atoms with Crippen LogP contribution in [0.15, 0.2) is 12.3 Å². The van der Waals surface area contributed by atoms with Crippen LogP contribution in [0.5, 0.6) is 0 Å². The van der Waals surface area contributed by atoms with Crippen molar-refractivity contribution >= 4 is 17.4 Å². The van der Waals surface area contributed by atoms with Crippen LogP contribution in [-0.4, -0.2) is 30.0 Å². The van der Waals surface area contributed by atoms with Gasteiger partial charge in [-0.3, -0.25) is 4.79 Å². The Bertz CT molecular complexity index is 417. The molecule has 0 aliphatic carbocycles. The van der Waals surface area contributed by atoms with E-state index in [1.165, 1.54) is 0 Å². The van der Waals surface area contributed by atoms with Gasteiger partial charge in [0.2, 0.25) is 5.91 Å². The highest BCUT2D eigenvalue weighted by Crippen LogP contribution is 2.18. The number of anilines is 2. The number of likely N-dealkylation sites (N-methyl/N-ethyl adjacent to an activating group) is 1. The zero-order valence-corrected chi connectivity index (χ0v) is 11.5. The lowest BCUT2D eigenvalue weighted by molar-refractivity contribution is -0.120. The van der Waals surface area contributed by atoms with Crippen molar-refractivity contribution in [3.05, 3.63) is 17.8 Å². The van der Waals surface area contributed by atoms with Crippen molar-refractivity contribution in [3.8, 4) is 0 Å². The van der Waals surface area contributed by atoms with E-state index >= 15 is 0 Å². The largest absolute Gasteiger partial charge is 0.397 e. The standard InChI is InChI=1S/C13H22N4O/c1-5-17(8-12(18)16-9(2)3)13-10(4)6-11(14)7-15-13/h6-7,9H,5,8,14H2,1-4H3,(H,16,18). The van der Waals surface area contributed by atoms with Crippen LogP contribution < -0.4 is 16.0 Å². The predicted molar refractivity (Wildman–Crippen MR) is 74.6 cm³/mol. The van der Waals surface area contributed by atoms with Crippen LogP contribution in [0.25, 0.3) is 0 Å². The molecule has 1 rings (SSSR count). The first-order valence-corrected chi connectivity index (χ1v) is 6.20. The van der Waals surface area contributed by atoms with Crippen molar-refractivity contribution in [1.29, 1.82) is 0 Å². The van der Waals surface area contributed by atoms with Crippen molar-refractivity contribution in [3.63, 3.8) is 0 Å². The molecule has 0 atom stereocenters. The second kappa shape index (κ2) is 6.23. The van der Waals surface area contributed by atoms with Crippen LogP contribution in [0.3, 0.4) is 0 Å². The fourth-order valence-corrected chi connectivity index (χ4v) is 1.80. The summed E-state index contributed by atoms with van der Waals surface area (Å²) < 4.78 is 0. The first-order valence-electron chi connectivity index (χ1n) is 6.20. The molecule has 0 spiro atoms. The number of carbonyl (C=O) groups excluding carboxylic acids is 1. The number of hydrogen-bond donors (Lipinski definition) is 2. The number of nitrogens with zero attached hydrogens (tertiary/aromatic N) is 2. The van der Waals surface area contributed by atoms with Gasteiger partial charge in [0.25, 0.3) is 0 Å². The smallest absolute Gasteiger partial charge is 0.239 e. The molecule has 5 heteroatoms. The Balaban J connectivity index is 2.80. The van der Waals surface area contributed by atoms with E-state index in [1.54, 1.807) is 6.20 Å². The summed E-state index contributed by atoms with van der Waals surface area (Å²) in [5.41, 5.74) is 7.29. The predicted octanol–water partition coefficient (Wildman–Crippen LogP) is 1.32. The van der Waals surface area contributed by atoms with Gasteiger partial charge in [-0.1, -0.05) is 0 Å². The van der Waals surface area contributed by atoms with Gasteiger partial charge < -0.3 is 16.0 Å². The fraction of sp³-hybridized carbons (Fsp3) is 0.538. The third kappa shape index (κ3) is 3.91. The summed E-state index contributed by atoms with van der Waals surface area (Å²) in [6, 6.07) is 2.02. The van der Waals surface area contributed by atoms with E-state index in [0.29, 0.717) is 12.2 Å². The summed E-state index contributed by atoms with van der Waals surface area (Å²) in [5, 5.41) is 2.88. The summed E-state index contributed by atoms with van der Waals surface area (Å²) in [6.45, 7) is 8.87. The molecular weight excluding hydrogens is 228 g/mol. The molecule has 0 bridgehead atoms. The van der Waals surface area contributed by atoms with Crippen LogP contribution in [0.4, 0.5) is 11.5 Å². The number of nitrogens with two attached hydrogens (primary N) is 1. The molecule has 0 saturated heterocycles. The zero-order valence-electron chi connectivity index (χ0n) is 11.5. The topological polar surface area (TPSA) is 71.2 Å². The van der Waals surface area contributed by atoms with Gasteiger partial charge >= 0.3 is 0 Å². The lowest BCUT2D eigenvalue weighted by Gasteiger charge is -2.23. The third-order valence-electron chi connectivity index (χ3n) is 2.54. The van der Waals surface area contributed by atoms with E-state index in [1.807, 2.05) is 38.7 Å². The molecule has 1 amide bonds. The van der Waals surface area contributed by atoms with E-state index in [9.17, 15) is 4.79 Å². The summed E-state index contributed by atoms with van der Waals surface area (Å²) >= 11 is 0. The van der Waals surface area contributed by atoms with Crippen molar-refractivity contribution in [2.45, 2.75) is 33.7 Å². The van der Waals surface area contributed by atoms with Crippen molar-refractivity contribution < 1.29 is 4.79 Å². The molecule has 0 aliphatic heterocycles. The second-order valence-electron chi connectivity index (χ2n) is 4.65. The lowest BCUT2D eigenvalue weighted by atomic mass is 10.2. The molecule has 0 aromatic carbocycles. The Morgan fingerprint density at radius 1 is 1.56 bits per heavy atom. The number of carbonyl (C=O) groups is 1. The highest BCUT2D eigenvalue weighted by Gasteiger charge is 2.13. The number of pyridine rings is 1. The minimum Gasteiger partial charge on any atom is -0.397 e. The molecule has 0 radical (unpaired) electrons. The molecule has 1 aromatic heterocycles. The van der Waals surface area contributed by atoms with Gasteiger partial charge in [-0.25, -0.2) is 4.98 Å². The maximum atomic E-state index is 11.8. The number of aryl methyl sites for hydroxylation is 1. The quantitative estimate of drug-likeness (QED) is 0.827. The molecule has 0 aliphatic rings. The summed E-state index contributed by atoms with van der Waals surface area (Å²) in [5.74, 6) is 0.815. The molecule has 100 valence electrons. The Labute approximate surface area is 108 Å². The normalized spacial score (nSPS) is 10.5. The molecule has 3 N–H and O–H groups in total. The van der Waals surface area contributed by atoms with Gasteiger partial charge in [0.05, 0.1) is 18.4 Å². The third-order valence-corrected chi connectivity index (χ3v) is 2.54.